The lowest BCUT2D eigenvalue weighted by atomic mass is 9.99. The van der Waals surface area contributed by atoms with Crippen molar-refractivity contribution in [2.24, 2.45) is 5.92 Å². The largest absolute Gasteiger partial charge is 0.326 e. The Kier molecular flexibility index (Phi) is 5.15. The lowest BCUT2D eigenvalue weighted by Crippen LogP contribution is -2.43. The van der Waals surface area contributed by atoms with Gasteiger partial charge in [0.05, 0.1) is 10.8 Å². The van der Waals surface area contributed by atoms with Crippen molar-refractivity contribution in [3.05, 3.63) is 60.4 Å². The summed E-state index contributed by atoms with van der Waals surface area (Å²) in [5.74, 6) is -1.09. The molecule has 1 saturated heterocycles. The number of nitrogens with zero attached hydrogens (tertiary/aromatic N) is 1. The van der Waals surface area contributed by atoms with Gasteiger partial charge >= 0.3 is 0 Å². The maximum absolute atomic E-state index is 13.0. The van der Waals surface area contributed by atoms with E-state index in [1.165, 1.54) is 16.4 Å². The number of benzene rings is 2. The number of para-hydroxylation sites is 1. The fourth-order valence-electron chi connectivity index (χ4n) is 2.90. The second kappa shape index (κ2) is 7.33. The summed E-state index contributed by atoms with van der Waals surface area (Å²) in [6, 6.07) is 13.8. The van der Waals surface area contributed by atoms with Crippen LogP contribution in [0.5, 0.6) is 0 Å². The summed E-state index contributed by atoms with van der Waals surface area (Å²) < 4.78 is 39.7. The summed E-state index contributed by atoms with van der Waals surface area (Å²) in [6.07, 6.45) is 1.24. The molecular formula is C18H19FN2O3S. The molecule has 1 aliphatic heterocycles. The van der Waals surface area contributed by atoms with E-state index in [-0.39, 0.29) is 17.3 Å². The van der Waals surface area contributed by atoms with Crippen LogP contribution in [0.25, 0.3) is 0 Å². The van der Waals surface area contributed by atoms with E-state index in [1.807, 2.05) is 18.2 Å². The molecule has 1 amide bonds. The SMILES string of the molecule is O=C(Nc1ccccc1)[C@H]1CCCN(S(=O)(=O)c2ccc(F)cc2)C1. The maximum atomic E-state index is 13.0. The normalized spacial score (nSPS) is 18.7. The van der Waals surface area contributed by atoms with Gasteiger partial charge in [-0.05, 0) is 49.2 Å². The van der Waals surface area contributed by atoms with Crippen LogP contribution < -0.4 is 5.32 Å². The van der Waals surface area contributed by atoms with Gasteiger partial charge in [-0.25, -0.2) is 12.8 Å². The molecule has 3 rings (SSSR count). The van der Waals surface area contributed by atoms with Gasteiger partial charge < -0.3 is 5.32 Å². The van der Waals surface area contributed by atoms with Crippen molar-refractivity contribution >= 4 is 21.6 Å². The van der Waals surface area contributed by atoms with Gasteiger partial charge in [0.15, 0.2) is 0 Å². The van der Waals surface area contributed by atoms with Crippen LogP contribution in [0.2, 0.25) is 0 Å². The Bertz CT molecular complexity index is 838. The third kappa shape index (κ3) is 4.05. The number of piperidine rings is 1. The van der Waals surface area contributed by atoms with Crippen molar-refractivity contribution in [1.82, 2.24) is 4.31 Å². The number of hydrogen-bond acceptors (Lipinski definition) is 3. The lowest BCUT2D eigenvalue weighted by molar-refractivity contribution is -0.120. The van der Waals surface area contributed by atoms with Crippen LogP contribution in [0.15, 0.2) is 59.5 Å². The van der Waals surface area contributed by atoms with Crippen molar-refractivity contribution in [2.75, 3.05) is 18.4 Å². The molecule has 0 aromatic heterocycles. The zero-order valence-corrected chi connectivity index (χ0v) is 14.4. The van der Waals surface area contributed by atoms with Gasteiger partial charge in [0.1, 0.15) is 5.82 Å². The van der Waals surface area contributed by atoms with Gasteiger partial charge in [-0.1, -0.05) is 18.2 Å². The summed E-state index contributed by atoms with van der Waals surface area (Å²) in [5.41, 5.74) is 0.686. The van der Waals surface area contributed by atoms with E-state index in [0.717, 1.165) is 12.1 Å². The Morgan fingerprint density at radius 1 is 1.08 bits per heavy atom. The van der Waals surface area contributed by atoms with Crippen LogP contribution >= 0.6 is 0 Å². The third-order valence-electron chi connectivity index (χ3n) is 4.25. The highest BCUT2D eigenvalue weighted by atomic mass is 32.2. The Morgan fingerprint density at radius 3 is 2.44 bits per heavy atom. The van der Waals surface area contributed by atoms with Gasteiger partial charge in [0, 0.05) is 18.8 Å². The van der Waals surface area contributed by atoms with Crippen molar-refractivity contribution < 1.29 is 17.6 Å². The lowest BCUT2D eigenvalue weighted by Gasteiger charge is -2.31. The number of nitrogens with one attached hydrogen (secondary N) is 1. The summed E-state index contributed by atoms with van der Waals surface area (Å²) in [4.78, 5) is 12.5. The Morgan fingerprint density at radius 2 is 1.76 bits per heavy atom. The first kappa shape index (κ1) is 17.6. The first-order valence-corrected chi connectivity index (χ1v) is 9.52. The molecule has 5 nitrogen and oxygen atoms in total. The van der Waals surface area contributed by atoms with Crippen molar-refractivity contribution in [3.8, 4) is 0 Å². The number of rotatable bonds is 4. The summed E-state index contributed by atoms with van der Waals surface area (Å²) >= 11 is 0. The minimum Gasteiger partial charge on any atom is -0.326 e. The molecule has 0 aliphatic carbocycles. The summed E-state index contributed by atoms with van der Waals surface area (Å²) in [7, 11) is -3.73. The van der Waals surface area contributed by atoms with Crippen LogP contribution in [-0.2, 0) is 14.8 Å². The van der Waals surface area contributed by atoms with Crippen LogP contribution in [0.3, 0.4) is 0 Å². The average molecular weight is 362 g/mol. The molecule has 132 valence electrons. The third-order valence-corrected chi connectivity index (χ3v) is 6.13. The van der Waals surface area contributed by atoms with Crippen molar-refractivity contribution in [2.45, 2.75) is 17.7 Å². The highest BCUT2D eigenvalue weighted by Gasteiger charge is 2.33. The first-order chi connectivity index (χ1) is 12.0. The quantitative estimate of drug-likeness (QED) is 0.909. The van der Waals surface area contributed by atoms with Gasteiger partial charge in [-0.2, -0.15) is 4.31 Å². The molecule has 0 radical (unpaired) electrons. The maximum Gasteiger partial charge on any atom is 0.243 e. The number of hydrogen-bond donors (Lipinski definition) is 1. The monoisotopic (exact) mass is 362 g/mol. The first-order valence-electron chi connectivity index (χ1n) is 8.08. The fourth-order valence-corrected chi connectivity index (χ4v) is 4.42. The number of carbonyl (C=O) groups excluding carboxylic acids is 1. The Labute approximate surface area is 146 Å². The van der Waals surface area contributed by atoms with Crippen LogP contribution in [-0.4, -0.2) is 31.7 Å². The Hall–Kier alpha value is -2.25. The zero-order chi connectivity index (χ0) is 17.9. The van der Waals surface area contributed by atoms with Crippen molar-refractivity contribution in [1.29, 1.82) is 0 Å². The molecule has 7 heteroatoms. The summed E-state index contributed by atoms with van der Waals surface area (Å²) in [6.45, 7) is 0.479. The average Bonchev–Trinajstić information content (AvgIpc) is 2.63. The molecular weight excluding hydrogens is 343 g/mol. The topological polar surface area (TPSA) is 66.5 Å². The highest BCUT2D eigenvalue weighted by molar-refractivity contribution is 7.89. The summed E-state index contributed by atoms with van der Waals surface area (Å²) in [5, 5.41) is 2.82. The minimum absolute atomic E-state index is 0.0398. The molecule has 25 heavy (non-hydrogen) atoms. The van der Waals surface area contributed by atoms with Gasteiger partial charge in [-0.15, -0.1) is 0 Å². The fraction of sp³-hybridized carbons (Fsp3) is 0.278. The van der Waals surface area contributed by atoms with Gasteiger partial charge in [-0.3, -0.25) is 4.79 Å². The van der Waals surface area contributed by atoms with E-state index in [2.05, 4.69) is 5.32 Å². The number of sulfonamides is 1. The highest BCUT2D eigenvalue weighted by Crippen LogP contribution is 2.25. The zero-order valence-electron chi connectivity index (χ0n) is 13.6. The molecule has 0 bridgehead atoms. The molecule has 0 spiro atoms. The molecule has 0 unspecified atom stereocenters. The number of amides is 1. The number of carbonyl (C=O) groups is 1. The predicted octanol–water partition coefficient (Wildman–Crippen LogP) is 2.87. The second-order valence-corrected chi connectivity index (χ2v) is 7.95. The standard InChI is InChI=1S/C18H19FN2O3S/c19-15-8-10-17(11-9-15)25(23,24)21-12-4-5-14(13-21)18(22)20-16-6-2-1-3-7-16/h1-3,6-11,14H,4-5,12-13H2,(H,20,22)/t14-/m0/s1. The van der Waals surface area contributed by atoms with E-state index < -0.39 is 21.8 Å². The Balaban J connectivity index is 1.72. The molecule has 1 N–H and O–H groups in total. The van der Waals surface area contributed by atoms with Crippen LogP contribution in [0, 0.1) is 11.7 Å². The van der Waals surface area contributed by atoms with Gasteiger partial charge in [0.25, 0.3) is 0 Å². The molecule has 1 heterocycles. The van der Waals surface area contributed by atoms with Crippen LogP contribution in [0.4, 0.5) is 10.1 Å². The molecule has 2 aromatic carbocycles. The number of halogens is 1. The van der Waals surface area contributed by atoms with Gasteiger partial charge in [0.2, 0.25) is 15.9 Å². The molecule has 1 fully saturated rings. The van der Waals surface area contributed by atoms with E-state index >= 15 is 0 Å². The smallest absolute Gasteiger partial charge is 0.243 e. The predicted molar refractivity (Wildman–Crippen MR) is 93.0 cm³/mol. The van der Waals surface area contributed by atoms with E-state index in [1.54, 1.807) is 12.1 Å². The molecule has 1 atom stereocenters. The molecule has 0 saturated carbocycles. The van der Waals surface area contributed by atoms with E-state index in [4.69, 9.17) is 0 Å². The molecule has 1 aliphatic rings. The minimum atomic E-state index is -3.73. The number of anilines is 1. The van der Waals surface area contributed by atoms with Crippen molar-refractivity contribution in [3.63, 3.8) is 0 Å². The van der Waals surface area contributed by atoms with E-state index in [9.17, 15) is 17.6 Å². The molecule has 2 aromatic rings. The van der Waals surface area contributed by atoms with E-state index in [0.29, 0.717) is 25.1 Å². The second-order valence-electron chi connectivity index (χ2n) is 6.01. The van der Waals surface area contributed by atoms with Crippen LogP contribution in [0.1, 0.15) is 12.8 Å².